The highest BCUT2D eigenvalue weighted by molar-refractivity contribution is 6.07. The predicted octanol–water partition coefficient (Wildman–Crippen LogP) is 4.57. The van der Waals surface area contributed by atoms with Crippen LogP contribution in [0.5, 0.6) is 0 Å². The number of imide groups is 1. The molecule has 10 heteroatoms. The van der Waals surface area contributed by atoms with Crippen molar-refractivity contribution in [3.05, 3.63) is 77.2 Å². The fourth-order valence-corrected chi connectivity index (χ4v) is 2.51. The molecule has 0 aliphatic carbocycles. The normalized spacial score (nSPS) is 11.1. The zero-order chi connectivity index (χ0) is 21.9. The van der Waals surface area contributed by atoms with Gasteiger partial charge < -0.3 is 0 Å². The molecule has 0 aliphatic rings. The third-order valence-corrected chi connectivity index (χ3v) is 3.89. The highest BCUT2D eigenvalue weighted by Crippen LogP contribution is 2.31. The molecule has 0 saturated heterocycles. The van der Waals surface area contributed by atoms with Crippen molar-refractivity contribution >= 4 is 17.9 Å². The highest BCUT2D eigenvalue weighted by Gasteiger charge is 2.34. The van der Waals surface area contributed by atoms with Gasteiger partial charge in [-0.1, -0.05) is 17.7 Å². The van der Waals surface area contributed by atoms with Gasteiger partial charge in [0.1, 0.15) is 5.82 Å². The Morgan fingerprint density at radius 3 is 2.30 bits per heavy atom. The van der Waals surface area contributed by atoms with Gasteiger partial charge in [0, 0.05) is 11.1 Å². The molecule has 0 unspecified atom stereocenters. The molecule has 6 nitrogen and oxygen atoms in total. The van der Waals surface area contributed by atoms with E-state index >= 15 is 0 Å². The first kappa shape index (κ1) is 20.9. The topological polar surface area (TPSA) is 84.0 Å². The molecule has 0 radical (unpaired) electrons. The Bertz CT molecular complexity index is 1100. The number of rotatable bonds is 3. The largest absolute Gasteiger partial charge is 0.433 e. The lowest BCUT2D eigenvalue weighted by Gasteiger charge is -2.12. The average Bonchev–Trinajstić information content (AvgIpc) is 2.67. The van der Waals surface area contributed by atoms with Gasteiger partial charge in [-0.15, -0.1) is 0 Å². The monoisotopic (exact) mass is 418 g/mol. The van der Waals surface area contributed by atoms with Crippen LogP contribution in [-0.2, 0) is 6.18 Å². The number of hydrogen-bond acceptors (Lipinski definition) is 4. The smallest absolute Gasteiger partial charge is 0.276 e. The van der Waals surface area contributed by atoms with Crippen LogP contribution in [-0.4, -0.2) is 21.9 Å². The molecule has 3 amide bonds. The molecule has 3 rings (SSSR count). The van der Waals surface area contributed by atoms with Gasteiger partial charge in [0.15, 0.2) is 5.69 Å². The van der Waals surface area contributed by atoms with E-state index in [0.717, 1.165) is 17.7 Å². The Balaban J connectivity index is 1.85. The van der Waals surface area contributed by atoms with Crippen molar-refractivity contribution in [3.63, 3.8) is 0 Å². The van der Waals surface area contributed by atoms with E-state index in [-0.39, 0.29) is 16.8 Å². The molecule has 1 aromatic heterocycles. The van der Waals surface area contributed by atoms with E-state index in [0.29, 0.717) is 6.07 Å². The molecule has 2 N–H and O–H groups in total. The summed E-state index contributed by atoms with van der Waals surface area (Å²) in [4.78, 5) is 31.3. The number of aryl methyl sites for hydroxylation is 1. The predicted molar refractivity (Wildman–Crippen MR) is 100 cm³/mol. The Morgan fingerprint density at radius 2 is 1.67 bits per heavy atom. The molecule has 30 heavy (non-hydrogen) atoms. The van der Waals surface area contributed by atoms with E-state index in [9.17, 15) is 27.2 Å². The van der Waals surface area contributed by atoms with Gasteiger partial charge in [0.25, 0.3) is 5.91 Å². The lowest BCUT2D eigenvalue weighted by Crippen LogP contribution is -2.35. The van der Waals surface area contributed by atoms with Crippen LogP contribution >= 0.6 is 0 Å². The summed E-state index contributed by atoms with van der Waals surface area (Å²) in [5.41, 5.74) is -0.325. The van der Waals surface area contributed by atoms with Gasteiger partial charge in [-0.05, 0) is 49.4 Å². The lowest BCUT2D eigenvalue weighted by atomic mass is 10.1. The van der Waals surface area contributed by atoms with E-state index < -0.39 is 35.6 Å². The van der Waals surface area contributed by atoms with Crippen LogP contribution in [0.1, 0.15) is 21.6 Å². The van der Waals surface area contributed by atoms with Gasteiger partial charge in [-0.25, -0.2) is 19.2 Å². The number of halogens is 4. The van der Waals surface area contributed by atoms with Crippen molar-refractivity contribution in [2.45, 2.75) is 13.1 Å². The van der Waals surface area contributed by atoms with Crippen molar-refractivity contribution in [2.75, 3.05) is 5.32 Å². The third-order valence-electron chi connectivity index (χ3n) is 3.89. The SMILES string of the molecule is Cc1cccc(C(=O)NC(=O)Nc2nc(-c3ccc(F)cc3)cc(C(F)(F)F)n2)c1. The Labute approximate surface area is 168 Å². The van der Waals surface area contributed by atoms with Crippen molar-refractivity contribution in [1.29, 1.82) is 0 Å². The number of nitrogens with one attached hydrogen (secondary N) is 2. The second-order valence-electron chi connectivity index (χ2n) is 6.24. The molecule has 0 fully saturated rings. The van der Waals surface area contributed by atoms with E-state index in [1.54, 1.807) is 19.1 Å². The molecule has 0 spiro atoms. The van der Waals surface area contributed by atoms with E-state index in [4.69, 9.17) is 0 Å². The molecule has 1 heterocycles. The summed E-state index contributed by atoms with van der Waals surface area (Å²) in [6, 6.07) is 10.6. The first-order valence-corrected chi connectivity index (χ1v) is 8.53. The number of aromatic nitrogens is 2. The van der Waals surface area contributed by atoms with Gasteiger partial charge in [0.05, 0.1) is 5.69 Å². The van der Waals surface area contributed by atoms with E-state index in [2.05, 4.69) is 9.97 Å². The van der Waals surface area contributed by atoms with E-state index in [1.165, 1.54) is 24.3 Å². The summed E-state index contributed by atoms with van der Waals surface area (Å²) < 4.78 is 52.7. The van der Waals surface area contributed by atoms with Crippen LogP contribution in [0.25, 0.3) is 11.3 Å². The number of anilines is 1. The first-order chi connectivity index (χ1) is 14.1. The molecule has 0 bridgehead atoms. The minimum absolute atomic E-state index is 0.183. The average molecular weight is 418 g/mol. The van der Waals surface area contributed by atoms with Crippen molar-refractivity contribution < 1.29 is 27.2 Å². The van der Waals surface area contributed by atoms with Gasteiger partial charge in [-0.3, -0.25) is 15.4 Å². The molecule has 0 saturated carbocycles. The fourth-order valence-electron chi connectivity index (χ4n) is 2.51. The molecule has 3 aromatic rings. The van der Waals surface area contributed by atoms with Crippen LogP contribution in [0.15, 0.2) is 54.6 Å². The van der Waals surface area contributed by atoms with Gasteiger partial charge >= 0.3 is 12.2 Å². The van der Waals surface area contributed by atoms with Gasteiger partial charge in [-0.2, -0.15) is 13.2 Å². The van der Waals surface area contributed by atoms with Crippen LogP contribution in [0.3, 0.4) is 0 Å². The number of nitrogens with zero attached hydrogens (tertiary/aromatic N) is 2. The standard InChI is InChI=1S/C20H14F4N4O2/c1-11-3-2-4-13(9-11)17(29)27-19(30)28-18-25-15(10-16(26-18)20(22,23)24)12-5-7-14(21)8-6-12/h2-10H,1H3,(H2,25,26,27,28,29,30). The number of hydrogen-bond donors (Lipinski definition) is 2. The second-order valence-corrected chi connectivity index (χ2v) is 6.24. The molecule has 2 aromatic carbocycles. The zero-order valence-corrected chi connectivity index (χ0v) is 15.4. The number of amides is 3. The van der Waals surface area contributed by atoms with E-state index in [1.807, 2.05) is 10.6 Å². The number of urea groups is 1. The number of alkyl halides is 3. The Morgan fingerprint density at radius 1 is 0.967 bits per heavy atom. The summed E-state index contributed by atoms with van der Waals surface area (Å²) in [5, 5.41) is 4.02. The summed E-state index contributed by atoms with van der Waals surface area (Å²) in [6.07, 6.45) is -4.82. The van der Waals surface area contributed by atoms with Crippen molar-refractivity contribution in [1.82, 2.24) is 15.3 Å². The van der Waals surface area contributed by atoms with Crippen LogP contribution in [0.4, 0.5) is 28.3 Å². The second kappa shape index (κ2) is 8.27. The van der Waals surface area contributed by atoms with Crippen LogP contribution in [0, 0.1) is 12.7 Å². The number of carbonyl (C=O) groups is 2. The minimum atomic E-state index is -4.82. The highest BCUT2D eigenvalue weighted by atomic mass is 19.4. The van der Waals surface area contributed by atoms with Gasteiger partial charge in [0.2, 0.25) is 5.95 Å². The summed E-state index contributed by atoms with van der Waals surface area (Å²) in [6.45, 7) is 1.75. The molecule has 154 valence electrons. The maximum absolute atomic E-state index is 13.2. The van der Waals surface area contributed by atoms with Crippen molar-refractivity contribution in [2.24, 2.45) is 0 Å². The summed E-state index contributed by atoms with van der Waals surface area (Å²) >= 11 is 0. The molecule has 0 aliphatic heterocycles. The zero-order valence-electron chi connectivity index (χ0n) is 15.4. The van der Waals surface area contributed by atoms with Crippen molar-refractivity contribution in [3.8, 4) is 11.3 Å². The first-order valence-electron chi connectivity index (χ1n) is 8.53. The van der Waals surface area contributed by atoms with Crippen LogP contribution < -0.4 is 10.6 Å². The fraction of sp³-hybridized carbons (Fsp3) is 0.100. The minimum Gasteiger partial charge on any atom is -0.276 e. The lowest BCUT2D eigenvalue weighted by molar-refractivity contribution is -0.141. The third kappa shape index (κ3) is 5.16. The molecular formula is C20H14F4N4O2. The summed E-state index contributed by atoms with van der Waals surface area (Å²) in [5.74, 6) is -1.99. The molecule has 0 atom stereocenters. The summed E-state index contributed by atoms with van der Waals surface area (Å²) in [7, 11) is 0. The number of carbonyl (C=O) groups excluding carboxylic acids is 2. The maximum atomic E-state index is 13.2. The number of benzene rings is 2. The van der Waals surface area contributed by atoms with Crippen LogP contribution in [0.2, 0.25) is 0 Å². The quantitative estimate of drug-likeness (QED) is 0.611. The maximum Gasteiger partial charge on any atom is 0.433 e. The Kier molecular flexibility index (Phi) is 5.77. The molecular weight excluding hydrogens is 404 g/mol. The Hall–Kier alpha value is -3.82.